The summed E-state index contributed by atoms with van der Waals surface area (Å²) < 4.78 is 10.6. The minimum absolute atomic E-state index is 0.0364. The number of carbonyl (C=O) groups excluding carboxylic acids is 2. The smallest absolute Gasteiger partial charge is 0.408 e. The summed E-state index contributed by atoms with van der Waals surface area (Å²) in [5.74, 6) is -1.21. The molecule has 3 N–H and O–H groups in total. The van der Waals surface area contributed by atoms with Crippen molar-refractivity contribution in [2.75, 3.05) is 13.2 Å². The van der Waals surface area contributed by atoms with Gasteiger partial charge in [-0.15, -0.1) is 0 Å². The van der Waals surface area contributed by atoms with Gasteiger partial charge in [0.1, 0.15) is 19.3 Å². The molecule has 0 saturated heterocycles. The van der Waals surface area contributed by atoms with Crippen LogP contribution in [0, 0.1) is 0 Å². The molecule has 2 amide bonds. The molecule has 1 atom stereocenters. The van der Waals surface area contributed by atoms with E-state index in [9.17, 15) is 19.5 Å². The van der Waals surface area contributed by atoms with E-state index in [0.717, 1.165) is 27.8 Å². The van der Waals surface area contributed by atoms with E-state index in [1.54, 1.807) is 12.1 Å². The third-order valence-electron chi connectivity index (χ3n) is 6.09. The first kappa shape index (κ1) is 24.8. The number of hydrogen-bond donors (Lipinski definition) is 3. The van der Waals surface area contributed by atoms with Gasteiger partial charge in [-0.05, 0) is 40.7 Å². The highest BCUT2D eigenvalue weighted by molar-refractivity contribution is 5.80. The predicted octanol–water partition coefficient (Wildman–Crippen LogP) is 4.68. The first-order valence-electron chi connectivity index (χ1n) is 11.8. The van der Waals surface area contributed by atoms with Gasteiger partial charge in [-0.1, -0.05) is 78.9 Å². The van der Waals surface area contributed by atoms with Crippen LogP contribution in [-0.2, 0) is 20.9 Å². The van der Waals surface area contributed by atoms with Crippen LogP contribution in [0.3, 0.4) is 0 Å². The molecule has 1 unspecified atom stereocenters. The molecule has 4 rings (SSSR count). The number of fused-ring (bicyclic) bond motifs is 3. The van der Waals surface area contributed by atoms with E-state index in [-0.39, 0.29) is 32.1 Å². The van der Waals surface area contributed by atoms with Crippen LogP contribution >= 0.6 is 0 Å². The highest BCUT2D eigenvalue weighted by Crippen LogP contribution is 2.44. The Morgan fingerprint density at radius 1 is 0.806 bits per heavy atom. The number of amides is 2. The molecule has 8 heteroatoms. The van der Waals surface area contributed by atoms with Gasteiger partial charge in [0.15, 0.2) is 0 Å². The van der Waals surface area contributed by atoms with Gasteiger partial charge in [0.25, 0.3) is 0 Å². The lowest BCUT2D eigenvalue weighted by molar-refractivity contribution is -0.139. The van der Waals surface area contributed by atoms with Crippen LogP contribution in [-0.4, -0.2) is 42.5 Å². The lowest BCUT2D eigenvalue weighted by Crippen LogP contribution is -2.41. The zero-order valence-electron chi connectivity index (χ0n) is 19.7. The van der Waals surface area contributed by atoms with Crippen LogP contribution in [0.2, 0.25) is 0 Å². The number of carbonyl (C=O) groups is 3. The molecule has 0 radical (unpaired) electrons. The normalized spacial score (nSPS) is 12.7. The van der Waals surface area contributed by atoms with E-state index in [4.69, 9.17) is 9.47 Å². The van der Waals surface area contributed by atoms with Crippen LogP contribution in [0.5, 0.6) is 0 Å². The molecule has 0 aromatic heterocycles. The highest BCUT2D eigenvalue weighted by Gasteiger charge is 2.29. The Balaban J connectivity index is 1.19. The minimum Gasteiger partial charge on any atom is -0.480 e. The van der Waals surface area contributed by atoms with Gasteiger partial charge in [0.05, 0.1) is 0 Å². The number of ether oxygens (including phenoxy) is 2. The Hall–Kier alpha value is -4.33. The van der Waals surface area contributed by atoms with Crippen molar-refractivity contribution >= 4 is 18.2 Å². The maximum absolute atomic E-state index is 12.3. The molecule has 3 aromatic rings. The number of carboxylic acids is 1. The summed E-state index contributed by atoms with van der Waals surface area (Å²) in [4.78, 5) is 35.7. The molecule has 3 aromatic carbocycles. The molecule has 1 aliphatic carbocycles. The van der Waals surface area contributed by atoms with E-state index < -0.39 is 24.2 Å². The SMILES string of the molecule is O=C(NCCCC(NC(=O)OCc1ccccc1)C(=O)O)OCC1c2ccccc2-c2ccccc21. The predicted molar refractivity (Wildman–Crippen MR) is 133 cm³/mol. The molecule has 0 aliphatic heterocycles. The van der Waals surface area contributed by atoms with Crippen LogP contribution < -0.4 is 10.6 Å². The summed E-state index contributed by atoms with van der Waals surface area (Å²) in [5.41, 5.74) is 5.35. The lowest BCUT2D eigenvalue weighted by Gasteiger charge is -2.16. The van der Waals surface area contributed by atoms with Crippen molar-refractivity contribution in [3.63, 3.8) is 0 Å². The van der Waals surface area contributed by atoms with Gasteiger partial charge in [-0.3, -0.25) is 0 Å². The molecule has 0 saturated carbocycles. The maximum atomic E-state index is 12.3. The van der Waals surface area contributed by atoms with Gasteiger partial charge in [0, 0.05) is 12.5 Å². The topological polar surface area (TPSA) is 114 Å². The summed E-state index contributed by atoms with van der Waals surface area (Å²) >= 11 is 0. The summed E-state index contributed by atoms with van der Waals surface area (Å²) in [6.07, 6.45) is -0.922. The second kappa shape index (κ2) is 11.9. The van der Waals surface area contributed by atoms with Crippen LogP contribution in [0.15, 0.2) is 78.9 Å². The molecule has 186 valence electrons. The van der Waals surface area contributed by atoms with Crippen molar-refractivity contribution < 1.29 is 29.0 Å². The van der Waals surface area contributed by atoms with Crippen molar-refractivity contribution in [1.82, 2.24) is 10.6 Å². The van der Waals surface area contributed by atoms with Crippen molar-refractivity contribution in [2.45, 2.75) is 31.4 Å². The van der Waals surface area contributed by atoms with Crippen molar-refractivity contribution in [3.05, 3.63) is 95.6 Å². The number of alkyl carbamates (subject to hydrolysis) is 2. The minimum atomic E-state index is -1.17. The number of rotatable bonds is 10. The number of hydrogen-bond acceptors (Lipinski definition) is 5. The highest BCUT2D eigenvalue weighted by atomic mass is 16.6. The molecule has 1 aliphatic rings. The zero-order chi connectivity index (χ0) is 25.3. The first-order chi connectivity index (χ1) is 17.5. The lowest BCUT2D eigenvalue weighted by atomic mass is 9.98. The van der Waals surface area contributed by atoms with Gasteiger partial charge in [-0.2, -0.15) is 0 Å². The fraction of sp³-hybridized carbons (Fsp3) is 0.250. The quantitative estimate of drug-likeness (QED) is 0.357. The second-order valence-electron chi connectivity index (χ2n) is 8.49. The van der Waals surface area contributed by atoms with E-state index in [1.165, 1.54) is 0 Å². The number of aliphatic carboxylic acids is 1. The van der Waals surface area contributed by atoms with Crippen molar-refractivity contribution in [3.8, 4) is 11.1 Å². The Kier molecular flexibility index (Phi) is 8.18. The maximum Gasteiger partial charge on any atom is 0.408 e. The van der Waals surface area contributed by atoms with E-state index >= 15 is 0 Å². The number of nitrogens with one attached hydrogen (secondary N) is 2. The third kappa shape index (κ3) is 6.21. The molecule has 8 nitrogen and oxygen atoms in total. The zero-order valence-corrected chi connectivity index (χ0v) is 19.7. The van der Waals surface area contributed by atoms with E-state index in [0.29, 0.717) is 6.42 Å². The third-order valence-corrected chi connectivity index (χ3v) is 6.09. The largest absolute Gasteiger partial charge is 0.480 e. The summed E-state index contributed by atoms with van der Waals surface area (Å²) in [7, 11) is 0. The van der Waals surface area contributed by atoms with E-state index in [1.807, 2.05) is 54.6 Å². The summed E-state index contributed by atoms with van der Waals surface area (Å²) in [6, 6.07) is 24.1. The number of carboxylic acid groups (broad SMARTS) is 1. The number of benzene rings is 3. The monoisotopic (exact) mass is 488 g/mol. The Morgan fingerprint density at radius 3 is 2.06 bits per heavy atom. The van der Waals surface area contributed by atoms with Crippen molar-refractivity contribution in [1.29, 1.82) is 0 Å². The fourth-order valence-corrected chi connectivity index (χ4v) is 4.31. The van der Waals surface area contributed by atoms with Gasteiger partial charge >= 0.3 is 18.2 Å². The van der Waals surface area contributed by atoms with Gasteiger partial charge < -0.3 is 25.2 Å². The molecular weight excluding hydrogens is 460 g/mol. The van der Waals surface area contributed by atoms with Crippen molar-refractivity contribution in [2.24, 2.45) is 0 Å². The fourth-order valence-electron chi connectivity index (χ4n) is 4.31. The molecule has 36 heavy (non-hydrogen) atoms. The van der Waals surface area contributed by atoms with Gasteiger partial charge in [-0.25, -0.2) is 14.4 Å². The standard InChI is InChI=1S/C28H28N2O6/c31-26(32)25(30-28(34)35-17-19-9-2-1-3-10-19)15-8-16-29-27(33)36-18-24-22-13-6-4-11-20(22)21-12-5-7-14-23(21)24/h1-7,9-14,24-25H,8,15-18H2,(H,29,33)(H,30,34)(H,31,32). The average Bonchev–Trinajstić information content (AvgIpc) is 3.22. The van der Waals surface area contributed by atoms with Crippen LogP contribution in [0.4, 0.5) is 9.59 Å². The molecule has 0 bridgehead atoms. The second-order valence-corrected chi connectivity index (χ2v) is 8.49. The Labute approximate surface area is 209 Å². The summed E-state index contributed by atoms with van der Waals surface area (Å²) in [6.45, 7) is 0.454. The summed E-state index contributed by atoms with van der Waals surface area (Å²) in [5, 5.41) is 14.4. The van der Waals surface area contributed by atoms with Gasteiger partial charge in [0.2, 0.25) is 0 Å². The molecule has 0 fully saturated rings. The average molecular weight is 489 g/mol. The van der Waals surface area contributed by atoms with Crippen LogP contribution in [0.1, 0.15) is 35.4 Å². The molecular formula is C28H28N2O6. The Morgan fingerprint density at radius 2 is 1.42 bits per heavy atom. The molecule has 0 heterocycles. The molecule has 0 spiro atoms. The van der Waals surface area contributed by atoms with E-state index in [2.05, 4.69) is 22.8 Å². The first-order valence-corrected chi connectivity index (χ1v) is 11.8. The Bertz CT molecular complexity index is 1170. The van der Waals surface area contributed by atoms with Crippen LogP contribution in [0.25, 0.3) is 11.1 Å².